The number of hydrogen-bond acceptors (Lipinski definition) is 2. The molecule has 3 rings (SSSR count). The molecular formula is C9H12N2O. The summed E-state index contributed by atoms with van der Waals surface area (Å²) in [7, 11) is 0. The van der Waals surface area contributed by atoms with E-state index in [-0.39, 0.29) is 0 Å². The summed E-state index contributed by atoms with van der Waals surface area (Å²) in [6, 6.07) is 0. The quantitative estimate of drug-likeness (QED) is 0.579. The Morgan fingerprint density at radius 1 is 1.58 bits per heavy atom. The Labute approximate surface area is 71.3 Å². The predicted octanol–water partition coefficient (Wildman–Crippen LogP) is 1.36. The average Bonchev–Trinajstić information content (AvgIpc) is 2.71. The average molecular weight is 164 g/mol. The minimum absolute atomic E-state index is 0.464. The van der Waals surface area contributed by atoms with E-state index in [4.69, 9.17) is 4.74 Å². The Balaban J connectivity index is 2.02. The number of rotatable bonds is 0. The number of aromatic nitrogens is 2. The van der Waals surface area contributed by atoms with Gasteiger partial charge in [-0.1, -0.05) is 0 Å². The first-order valence-electron chi connectivity index (χ1n) is 4.44. The Morgan fingerprint density at radius 3 is 3.17 bits per heavy atom. The van der Waals surface area contributed by atoms with Crippen LogP contribution in [0.5, 0.6) is 5.88 Å². The van der Waals surface area contributed by atoms with Crippen LogP contribution in [0.25, 0.3) is 0 Å². The van der Waals surface area contributed by atoms with Gasteiger partial charge in [-0.15, -0.1) is 0 Å². The summed E-state index contributed by atoms with van der Waals surface area (Å²) in [4.78, 5) is 0. The Morgan fingerprint density at radius 2 is 2.42 bits per heavy atom. The Kier molecular flexibility index (Phi) is 1.000. The molecule has 1 fully saturated rings. The first kappa shape index (κ1) is 6.52. The zero-order chi connectivity index (χ0) is 8.18. The van der Waals surface area contributed by atoms with Crippen LogP contribution in [-0.4, -0.2) is 16.4 Å². The van der Waals surface area contributed by atoms with Gasteiger partial charge in [0.1, 0.15) is 0 Å². The normalized spacial score (nSPS) is 23.4. The second-order valence-electron chi connectivity index (χ2n) is 4.08. The highest BCUT2D eigenvalue weighted by Crippen LogP contribution is 2.50. The molecule has 0 atom stereocenters. The van der Waals surface area contributed by atoms with E-state index < -0.39 is 0 Å². The van der Waals surface area contributed by atoms with Crippen LogP contribution in [0.15, 0.2) is 6.20 Å². The molecule has 1 aliphatic heterocycles. The maximum atomic E-state index is 5.67. The summed E-state index contributed by atoms with van der Waals surface area (Å²) < 4.78 is 7.68. The zero-order valence-electron chi connectivity index (χ0n) is 7.21. The largest absolute Gasteiger partial charge is 0.477 e. The van der Waals surface area contributed by atoms with Gasteiger partial charge in [0.25, 0.3) is 0 Å². The van der Waals surface area contributed by atoms with Gasteiger partial charge in [-0.25, -0.2) is 4.68 Å². The van der Waals surface area contributed by atoms with E-state index in [0.29, 0.717) is 5.41 Å². The van der Waals surface area contributed by atoms with Crippen LogP contribution in [0.4, 0.5) is 0 Å². The summed E-state index contributed by atoms with van der Waals surface area (Å²) >= 11 is 0. The fraction of sp³-hybridized carbons (Fsp3) is 0.667. The molecule has 64 valence electrons. The van der Waals surface area contributed by atoms with Crippen LogP contribution in [0, 0.1) is 12.3 Å². The SMILES string of the molecule is Cc1cnn2c1OCC1(CC1)C2. The molecule has 1 aromatic rings. The summed E-state index contributed by atoms with van der Waals surface area (Å²) in [5, 5.41) is 4.28. The molecule has 2 aliphatic rings. The van der Waals surface area contributed by atoms with Crippen LogP contribution in [-0.2, 0) is 6.54 Å². The summed E-state index contributed by atoms with van der Waals surface area (Å²) in [6.45, 7) is 4.01. The van der Waals surface area contributed by atoms with Gasteiger partial charge in [-0.3, -0.25) is 0 Å². The molecule has 0 unspecified atom stereocenters. The van der Waals surface area contributed by atoms with Crippen LogP contribution < -0.4 is 4.74 Å². The maximum absolute atomic E-state index is 5.67. The zero-order valence-corrected chi connectivity index (χ0v) is 7.21. The van der Waals surface area contributed by atoms with Crippen molar-refractivity contribution in [1.29, 1.82) is 0 Å². The van der Waals surface area contributed by atoms with Crippen molar-refractivity contribution in [3.05, 3.63) is 11.8 Å². The van der Waals surface area contributed by atoms with E-state index >= 15 is 0 Å². The van der Waals surface area contributed by atoms with Crippen molar-refractivity contribution in [2.45, 2.75) is 26.3 Å². The maximum Gasteiger partial charge on any atom is 0.214 e. The van der Waals surface area contributed by atoms with Crippen molar-refractivity contribution in [2.75, 3.05) is 6.61 Å². The molecule has 2 heterocycles. The molecule has 3 heteroatoms. The molecule has 0 bridgehead atoms. The smallest absolute Gasteiger partial charge is 0.214 e. The fourth-order valence-corrected chi connectivity index (χ4v) is 1.83. The van der Waals surface area contributed by atoms with Crippen LogP contribution >= 0.6 is 0 Å². The van der Waals surface area contributed by atoms with E-state index in [1.54, 1.807) is 0 Å². The first-order valence-corrected chi connectivity index (χ1v) is 4.44. The number of fused-ring (bicyclic) bond motifs is 1. The van der Waals surface area contributed by atoms with E-state index in [2.05, 4.69) is 5.10 Å². The molecule has 1 aromatic heterocycles. The molecule has 1 aliphatic carbocycles. The highest BCUT2D eigenvalue weighted by atomic mass is 16.5. The van der Waals surface area contributed by atoms with E-state index in [9.17, 15) is 0 Å². The molecule has 12 heavy (non-hydrogen) atoms. The molecule has 0 N–H and O–H groups in total. The van der Waals surface area contributed by atoms with E-state index in [1.165, 1.54) is 12.8 Å². The van der Waals surface area contributed by atoms with Crippen molar-refractivity contribution >= 4 is 0 Å². The van der Waals surface area contributed by atoms with E-state index in [1.807, 2.05) is 17.8 Å². The number of ether oxygens (including phenoxy) is 1. The molecule has 0 amide bonds. The second kappa shape index (κ2) is 1.84. The number of nitrogens with zero attached hydrogens (tertiary/aromatic N) is 2. The third-order valence-electron chi connectivity index (χ3n) is 2.92. The highest BCUT2D eigenvalue weighted by molar-refractivity contribution is 5.24. The van der Waals surface area contributed by atoms with E-state index in [0.717, 1.165) is 24.6 Å². The van der Waals surface area contributed by atoms with Crippen molar-refractivity contribution in [3.8, 4) is 5.88 Å². The van der Waals surface area contributed by atoms with Crippen molar-refractivity contribution in [1.82, 2.24) is 9.78 Å². The predicted molar refractivity (Wildman–Crippen MR) is 44.1 cm³/mol. The van der Waals surface area contributed by atoms with Gasteiger partial charge in [0.2, 0.25) is 5.88 Å². The van der Waals surface area contributed by atoms with Gasteiger partial charge in [-0.2, -0.15) is 5.10 Å². The number of hydrogen-bond donors (Lipinski definition) is 0. The molecule has 3 nitrogen and oxygen atoms in total. The molecule has 0 aromatic carbocycles. The van der Waals surface area contributed by atoms with Crippen molar-refractivity contribution in [3.63, 3.8) is 0 Å². The van der Waals surface area contributed by atoms with Gasteiger partial charge in [0.05, 0.1) is 19.3 Å². The molecular weight excluding hydrogens is 152 g/mol. The highest BCUT2D eigenvalue weighted by Gasteiger charge is 2.47. The minimum atomic E-state index is 0.464. The summed E-state index contributed by atoms with van der Waals surface area (Å²) in [5.74, 6) is 0.979. The van der Waals surface area contributed by atoms with Crippen molar-refractivity contribution < 1.29 is 4.74 Å². The molecule has 0 saturated heterocycles. The van der Waals surface area contributed by atoms with Gasteiger partial charge in [-0.05, 0) is 19.8 Å². The Bertz CT molecular complexity index is 325. The van der Waals surface area contributed by atoms with Crippen LogP contribution in [0.2, 0.25) is 0 Å². The third-order valence-corrected chi connectivity index (χ3v) is 2.92. The Hall–Kier alpha value is -0.990. The fourth-order valence-electron chi connectivity index (χ4n) is 1.83. The lowest BCUT2D eigenvalue weighted by atomic mass is 10.1. The first-order chi connectivity index (χ1) is 5.79. The monoisotopic (exact) mass is 164 g/mol. The van der Waals surface area contributed by atoms with Crippen LogP contribution in [0.3, 0.4) is 0 Å². The van der Waals surface area contributed by atoms with Gasteiger partial charge in [0, 0.05) is 11.0 Å². The molecule has 1 spiro atoms. The summed E-state index contributed by atoms with van der Waals surface area (Å²) in [6.07, 6.45) is 4.51. The second-order valence-corrected chi connectivity index (χ2v) is 4.08. The van der Waals surface area contributed by atoms with Crippen LogP contribution in [0.1, 0.15) is 18.4 Å². The topological polar surface area (TPSA) is 27.1 Å². The van der Waals surface area contributed by atoms with Gasteiger partial charge < -0.3 is 4.74 Å². The molecule has 0 radical (unpaired) electrons. The number of aryl methyl sites for hydroxylation is 1. The summed E-state index contributed by atoms with van der Waals surface area (Å²) in [5.41, 5.74) is 1.62. The van der Waals surface area contributed by atoms with Gasteiger partial charge in [0.15, 0.2) is 0 Å². The lowest BCUT2D eigenvalue weighted by Crippen LogP contribution is -2.27. The van der Waals surface area contributed by atoms with Gasteiger partial charge >= 0.3 is 0 Å². The lowest BCUT2D eigenvalue weighted by Gasteiger charge is -2.23. The van der Waals surface area contributed by atoms with Crippen molar-refractivity contribution in [2.24, 2.45) is 5.41 Å². The molecule has 1 saturated carbocycles. The lowest BCUT2D eigenvalue weighted by molar-refractivity contribution is 0.147. The standard InChI is InChI=1S/C9H12N2O/c1-7-4-10-11-5-9(2-3-9)6-12-8(7)11/h4H,2-3,5-6H2,1H3. The minimum Gasteiger partial charge on any atom is -0.477 e. The third kappa shape index (κ3) is 0.737.